The Morgan fingerprint density at radius 2 is 1.83 bits per heavy atom. The molecule has 0 atom stereocenters. The van der Waals surface area contributed by atoms with E-state index in [0.717, 1.165) is 9.79 Å². The van der Waals surface area contributed by atoms with Crippen LogP contribution in [-0.2, 0) is 6.61 Å². The molecule has 18 heavy (non-hydrogen) atoms. The maximum Gasteiger partial charge on any atom is 0.123 e. The predicted octanol–water partition coefficient (Wildman–Crippen LogP) is 4.78. The van der Waals surface area contributed by atoms with Crippen LogP contribution in [0.3, 0.4) is 0 Å². The lowest BCUT2D eigenvalue weighted by Crippen LogP contribution is -1.89. The smallest absolute Gasteiger partial charge is 0.123 e. The first-order valence-electron chi connectivity index (χ1n) is 5.12. The Labute approximate surface area is 119 Å². The zero-order chi connectivity index (χ0) is 13.1. The van der Waals surface area contributed by atoms with Crippen molar-refractivity contribution in [2.24, 2.45) is 0 Å². The van der Waals surface area contributed by atoms with E-state index in [9.17, 15) is 9.50 Å². The summed E-state index contributed by atoms with van der Waals surface area (Å²) in [6, 6.07) is 9.41. The molecular weight excluding hydrogens is 294 g/mol. The number of hydrogen-bond donors (Lipinski definition) is 1. The van der Waals surface area contributed by atoms with Gasteiger partial charge in [0, 0.05) is 14.8 Å². The van der Waals surface area contributed by atoms with Crippen LogP contribution in [0.15, 0.2) is 46.2 Å². The van der Waals surface area contributed by atoms with Crippen molar-refractivity contribution in [3.8, 4) is 0 Å². The van der Waals surface area contributed by atoms with E-state index >= 15 is 0 Å². The molecule has 0 aliphatic rings. The third kappa shape index (κ3) is 3.18. The first-order valence-corrected chi connectivity index (χ1v) is 6.69. The Bertz CT molecular complexity index is 575. The standard InChI is InChI=1S/C13H9Cl2FOS/c14-9-1-3-11(15)13(6-9)18-12-4-2-10(16)5-8(12)7-17/h1-6,17H,7H2. The first-order chi connectivity index (χ1) is 8.60. The Kier molecular flexibility index (Phi) is 4.51. The summed E-state index contributed by atoms with van der Waals surface area (Å²) in [5.41, 5.74) is 0.524. The SMILES string of the molecule is OCc1cc(F)ccc1Sc1cc(Cl)ccc1Cl. The number of halogens is 3. The summed E-state index contributed by atoms with van der Waals surface area (Å²) in [6.07, 6.45) is 0. The molecule has 2 aromatic rings. The average Bonchev–Trinajstić information content (AvgIpc) is 2.36. The molecule has 0 aromatic heterocycles. The van der Waals surface area contributed by atoms with Gasteiger partial charge in [-0.3, -0.25) is 0 Å². The summed E-state index contributed by atoms with van der Waals surface area (Å²) >= 11 is 13.3. The minimum atomic E-state index is -0.374. The minimum Gasteiger partial charge on any atom is -0.392 e. The highest BCUT2D eigenvalue weighted by Gasteiger charge is 2.08. The van der Waals surface area contributed by atoms with Gasteiger partial charge in [-0.05, 0) is 42.0 Å². The fourth-order valence-corrected chi connectivity index (χ4v) is 2.89. The monoisotopic (exact) mass is 302 g/mol. The Morgan fingerprint density at radius 3 is 2.56 bits per heavy atom. The quantitative estimate of drug-likeness (QED) is 0.881. The summed E-state index contributed by atoms with van der Waals surface area (Å²) in [6.45, 7) is -0.224. The van der Waals surface area contributed by atoms with Crippen LogP contribution in [0.25, 0.3) is 0 Å². The molecule has 0 aliphatic heterocycles. The van der Waals surface area contributed by atoms with E-state index in [4.69, 9.17) is 23.2 Å². The number of benzene rings is 2. The van der Waals surface area contributed by atoms with Gasteiger partial charge in [0.1, 0.15) is 5.82 Å². The summed E-state index contributed by atoms with van der Waals surface area (Å²) in [7, 11) is 0. The van der Waals surface area contributed by atoms with Crippen molar-refractivity contribution in [2.75, 3.05) is 0 Å². The molecular formula is C13H9Cl2FOS. The second-order valence-electron chi connectivity index (χ2n) is 3.59. The number of rotatable bonds is 3. The van der Waals surface area contributed by atoms with Crippen LogP contribution in [0.5, 0.6) is 0 Å². The average molecular weight is 303 g/mol. The van der Waals surface area contributed by atoms with Crippen molar-refractivity contribution in [1.29, 1.82) is 0 Å². The topological polar surface area (TPSA) is 20.2 Å². The fraction of sp³-hybridized carbons (Fsp3) is 0.0769. The summed E-state index contributed by atoms with van der Waals surface area (Å²) in [5.74, 6) is -0.374. The van der Waals surface area contributed by atoms with Gasteiger partial charge in [0.15, 0.2) is 0 Å². The zero-order valence-electron chi connectivity index (χ0n) is 9.16. The highest BCUT2D eigenvalue weighted by Crippen LogP contribution is 2.36. The normalized spacial score (nSPS) is 10.7. The van der Waals surface area contributed by atoms with Crippen LogP contribution in [0, 0.1) is 5.82 Å². The van der Waals surface area contributed by atoms with E-state index in [0.29, 0.717) is 15.6 Å². The molecule has 94 valence electrons. The lowest BCUT2D eigenvalue weighted by atomic mass is 10.2. The molecule has 0 aliphatic carbocycles. The van der Waals surface area contributed by atoms with Gasteiger partial charge in [-0.25, -0.2) is 4.39 Å². The predicted molar refractivity (Wildman–Crippen MR) is 72.9 cm³/mol. The highest BCUT2D eigenvalue weighted by molar-refractivity contribution is 7.99. The van der Waals surface area contributed by atoms with Gasteiger partial charge in [0.2, 0.25) is 0 Å². The Morgan fingerprint density at radius 1 is 1.06 bits per heavy atom. The van der Waals surface area contributed by atoms with E-state index in [1.165, 1.54) is 23.9 Å². The summed E-state index contributed by atoms with van der Waals surface area (Å²) < 4.78 is 13.0. The van der Waals surface area contributed by atoms with E-state index < -0.39 is 0 Å². The molecule has 0 bridgehead atoms. The van der Waals surface area contributed by atoms with Gasteiger partial charge >= 0.3 is 0 Å². The van der Waals surface area contributed by atoms with Crippen molar-refractivity contribution < 1.29 is 9.50 Å². The van der Waals surface area contributed by atoms with Gasteiger partial charge in [0.25, 0.3) is 0 Å². The van der Waals surface area contributed by atoms with Gasteiger partial charge in [-0.2, -0.15) is 0 Å². The molecule has 2 aromatic carbocycles. The molecule has 0 saturated carbocycles. The van der Waals surface area contributed by atoms with Crippen LogP contribution < -0.4 is 0 Å². The Balaban J connectivity index is 2.36. The lowest BCUT2D eigenvalue weighted by Gasteiger charge is -2.08. The molecule has 1 nitrogen and oxygen atoms in total. The van der Waals surface area contributed by atoms with E-state index in [-0.39, 0.29) is 12.4 Å². The van der Waals surface area contributed by atoms with Crippen molar-refractivity contribution in [1.82, 2.24) is 0 Å². The molecule has 5 heteroatoms. The zero-order valence-corrected chi connectivity index (χ0v) is 11.5. The van der Waals surface area contributed by atoms with Crippen LogP contribution >= 0.6 is 35.0 Å². The summed E-state index contributed by atoms with van der Waals surface area (Å²) in [5, 5.41) is 10.4. The van der Waals surface area contributed by atoms with Crippen LogP contribution in [0.1, 0.15) is 5.56 Å². The summed E-state index contributed by atoms with van der Waals surface area (Å²) in [4.78, 5) is 1.52. The largest absolute Gasteiger partial charge is 0.392 e. The van der Waals surface area contributed by atoms with Crippen LogP contribution in [-0.4, -0.2) is 5.11 Å². The second kappa shape index (κ2) is 5.93. The number of aliphatic hydroxyl groups is 1. The third-order valence-corrected chi connectivity index (χ3v) is 4.16. The molecule has 2 rings (SSSR count). The van der Waals surface area contributed by atoms with Crippen molar-refractivity contribution in [3.05, 3.63) is 57.8 Å². The maximum atomic E-state index is 13.0. The molecule has 0 unspecified atom stereocenters. The highest BCUT2D eigenvalue weighted by atomic mass is 35.5. The van der Waals surface area contributed by atoms with Gasteiger partial charge in [0.05, 0.1) is 11.6 Å². The van der Waals surface area contributed by atoms with E-state index in [1.54, 1.807) is 24.3 Å². The molecule has 0 heterocycles. The van der Waals surface area contributed by atoms with Gasteiger partial charge in [-0.1, -0.05) is 35.0 Å². The lowest BCUT2D eigenvalue weighted by molar-refractivity contribution is 0.278. The van der Waals surface area contributed by atoms with Crippen LogP contribution in [0.4, 0.5) is 4.39 Å². The fourth-order valence-electron chi connectivity index (χ4n) is 1.45. The molecule has 0 spiro atoms. The molecule has 0 radical (unpaired) electrons. The maximum absolute atomic E-state index is 13.0. The second-order valence-corrected chi connectivity index (χ2v) is 5.51. The molecule has 0 saturated heterocycles. The number of hydrogen-bond acceptors (Lipinski definition) is 2. The van der Waals surface area contributed by atoms with Gasteiger partial charge < -0.3 is 5.11 Å². The molecule has 1 N–H and O–H groups in total. The minimum absolute atomic E-state index is 0.224. The van der Waals surface area contributed by atoms with Crippen molar-refractivity contribution in [3.63, 3.8) is 0 Å². The van der Waals surface area contributed by atoms with E-state index in [2.05, 4.69) is 0 Å². The van der Waals surface area contributed by atoms with Crippen molar-refractivity contribution >= 4 is 35.0 Å². The van der Waals surface area contributed by atoms with Crippen molar-refractivity contribution in [2.45, 2.75) is 16.4 Å². The number of aliphatic hydroxyl groups excluding tert-OH is 1. The first kappa shape index (κ1) is 13.7. The van der Waals surface area contributed by atoms with E-state index in [1.807, 2.05) is 0 Å². The molecule has 0 fully saturated rings. The third-order valence-electron chi connectivity index (χ3n) is 2.31. The van der Waals surface area contributed by atoms with Gasteiger partial charge in [-0.15, -0.1) is 0 Å². The molecule has 0 amide bonds. The Hall–Kier alpha value is -0.740. The van der Waals surface area contributed by atoms with Crippen LogP contribution in [0.2, 0.25) is 10.0 Å².